The highest BCUT2D eigenvalue weighted by atomic mass is 16.3. The first kappa shape index (κ1) is 15.3. The molecule has 2 fully saturated rings. The first-order valence-corrected chi connectivity index (χ1v) is 8.24. The molecule has 0 spiro atoms. The van der Waals surface area contributed by atoms with Crippen molar-refractivity contribution >= 4 is 0 Å². The number of rotatable bonds is 7. The summed E-state index contributed by atoms with van der Waals surface area (Å²) in [5.41, 5.74) is -0.0298. The van der Waals surface area contributed by atoms with Crippen molar-refractivity contribution in [2.75, 3.05) is 13.2 Å². The number of hydrogen-bond acceptors (Lipinski definition) is 3. The summed E-state index contributed by atoms with van der Waals surface area (Å²) in [6.07, 6.45) is 8.84. The van der Waals surface area contributed by atoms with Gasteiger partial charge in [-0.3, -0.25) is 4.90 Å². The zero-order valence-corrected chi connectivity index (χ0v) is 13.0. The minimum absolute atomic E-state index is 0.0298. The predicted molar refractivity (Wildman–Crippen MR) is 80.4 cm³/mol. The monoisotopic (exact) mass is 268 g/mol. The van der Waals surface area contributed by atoms with Gasteiger partial charge >= 0.3 is 0 Å². The van der Waals surface area contributed by atoms with Crippen LogP contribution < -0.4 is 5.32 Å². The van der Waals surface area contributed by atoms with Crippen molar-refractivity contribution in [2.45, 2.75) is 89.4 Å². The Hall–Kier alpha value is -0.120. The van der Waals surface area contributed by atoms with Gasteiger partial charge in [-0.2, -0.15) is 0 Å². The molecule has 2 saturated carbocycles. The normalized spacial score (nSPS) is 32.2. The van der Waals surface area contributed by atoms with Crippen LogP contribution in [0.2, 0.25) is 0 Å². The van der Waals surface area contributed by atoms with Gasteiger partial charge < -0.3 is 10.4 Å². The van der Waals surface area contributed by atoms with Gasteiger partial charge in [0.1, 0.15) is 0 Å². The molecular formula is C16H32N2O. The zero-order valence-electron chi connectivity index (χ0n) is 13.0. The van der Waals surface area contributed by atoms with Gasteiger partial charge in [0.05, 0.1) is 6.61 Å². The minimum atomic E-state index is -0.0298. The average molecular weight is 268 g/mol. The highest BCUT2D eigenvalue weighted by Gasteiger charge is 2.41. The van der Waals surface area contributed by atoms with E-state index in [-0.39, 0.29) is 12.1 Å². The van der Waals surface area contributed by atoms with E-state index in [0.717, 1.165) is 18.9 Å². The first-order valence-electron chi connectivity index (χ1n) is 8.24. The molecule has 2 atom stereocenters. The molecule has 0 amide bonds. The minimum Gasteiger partial charge on any atom is -0.394 e. The maximum absolute atomic E-state index is 9.89. The van der Waals surface area contributed by atoms with E-state index < -0.39 is 0 Å². The molecule has 2 rings (SSSR count). The van der Waals surface area contributed by atoms with Gasteiger partial charge in [0.25, 0.3) is 0 Å². The molecule has 0 radical (unpaired) electrons. The number of aliphatic hydroxyl groups excluding tert-OH is 1. The lowest BCUT2D eigenvalue weighted by Gasteiger charge is -2.45. The highest BCUT2D eigenvalue weighted by Crippen LogP contribution is 2.37. The molecule has 112 valence electrons. The predicted octanol–water partition coefficient (Wildman–Crippen LogP) is 2.53. The molecule has 0 heterocycles. The lowest BCUT2D eigenvalue weighted by Crippen LogP contribution is -2.58. The van der Waals surface area contributed by atoms with E-state index in [1.54, 1.807) is 0 Å². The fourth-order valence-electron chi connectivity index (χ4n) is 3.87. The van der Waals surface area contributed by atoms with E-state index in [1.807, 2.05) is 0 Å². The molecule has 0 aromatic carbocycles. The Morgan fingerprint density at radius 2 is 2.00 bits per heavy atom. The van der Waals surface area contributed by atoms with E-state index in [2.05, 4.69) is 31.0 Å². The topological polar surface area (TPSA) is 35.5 Å². The molecule has 0 saturated heterocycles. The maximum atomic E-state index is 9.89. The van der Waals surface area contributed by atoms with Gasteiger partial charge in [-0.1, -0.05) is 20.8 Å². The molecule has 0 aromatic rings. The molecule has 0 bridgehead atoms. The summed E-state index contributed by atoms with van der Waals surface area (Å²) in [5.74, 6) is 0. The van der Waals surface area contributed by atoms with Crippen molar-refractivity contribution < 1.29 is 5.11 Å². The second kappa shape index (κ2) is 6.55. The number of nitrogens with one attached hydrogen (secondary N) is 1. The van der Waals surface area contributed by atoms with Crippen LogP contribution in [0.5, 0.6) is 0 Å². The molecule has 19 heavy (non-hydrogen) atoms. The molecule has 2 aliphatic carbocycles. The van der Waals surface area contributed by atoms with Crippen LogP contribution >= 0.6 is 0 Å². The summed E-state index contributed by atoms with van der Waals surface area (Å²) >= 11 is 0. The largest absolute Gasteiger partial charge is 0.394 e. The lowest BCUT2D eigenvalue weighted by molar-refractivity contribution is 0.0506. The number of hydrogen-bond donors (Lipinski definition) is 2. The van der Waals surface area contributed by atoms with Crippen LogP contribution in [-0.2, 0) is 0 Å². The number of nitrogens with zero attached hydrogens (tertiary/aromatic N) is 1. The van der Waals surface area contributed by atoms with E-state index in [0.29, 0.717) is 12.1 Å². The van der Waals surface area contributed by atoms with Crippen molar-refractivity contribution in [1.82, 2.24) is 10.2 Å². The van der Waals surface area contributed by atoms with Crippen LogP contribution in [-0.4, -0.2) is 46.8 Å². The Morgan fingerprint density at radius 3 is 2.53 bits per heavy atom. The molecule has 2 unspecified atom stereocenters. The summed E-state index contributed by atoms with van der Waals surface area (Å²) in [7, 11) is 0. The Morgan fingerprint density at radius 1 is 1.26 bits per heavy atom. The van der Waals surface area contributed by atoms with Gasteiger partial charge in [0.15, 0.2) is 0 Å². The quantitative estimate of drug-likeness (QED) is 0.745. The van der Waals surface area contributed by atoms with E-state index >= 15 is 0 Å². The summed E-state index contributed by atoms with van der Waals surface area (Å²) < 4.78 is 0. The summed E-state index contributed by atoms with van der Waals surface area (Å²) in [6.45, 7) is 8.17. The van der Waals surface area contributed by atoms with Crippen molar-refractivity contribution in [3.05, 3.63) is 0 Å². The van der Waals surface area contributed by atoms with Crippen LogP contribution in [0.4, 0.5) is 0 Å². The van der Waals surface area contributed by atoms with Gasteiger partial charge in [-0.15, -0.1) is 0 Å². The summed E-state index contributed by atoms with van der Waals surface area (Å²) in [6, 6.07) is 1.98. The zero-order chi connectivity index (χ0) is 13.9. The fourth-order valence-corrected chi connectivity index (χ4v) is 3.87. The molecular weight excluding hydrogens is 236 g/mol. The average Bonchev–Trinajstić information content (AvgIpc) is 3.19. The molecule has 0 aromatic heterocycles. The van der Waals surface area contributed by atoms with Gasteiger partial charge in [0, 0.05) is 23.7 Å². The van der Waals surface area contributed by atoms with E-state index in [1.165, 1.54) is 38.6 Å². The third-order valence-electron chi connectivity index (χ3n) is 4.68. The molecule has 3 nitrogen and oxygen atoms in total. The molecule has 2 aliphatic rings. The third-order valence-corrected chi connectivity index (χ3v) is 4.68. The van der Waals surface area contributed by atoms with Crippen LogP contribution in [0.15, 0.2) is 0 Å². The van der Waals surface area contributed by atoms with Crippen molar-refractivity contribution in [3.63, 3.8) is 0 Å². The second-order valence-electron chi connectivity index (χ2n) is 6.96. The fraction of sp³-hybridized carbons (Fsp3) is 1.00. The Kier molecular flexibility index (Phi) is 5.27. The Bertz CT molecular complexity index is 278. The first-order chi connectivity index (χ1) is 9.10. The van der Waals surface area contributed by atoms with E-state index in [9.17, 15) is 5.11 Å². The van der Waals surface area contributed by atoms with Gasteiger partial charge in [-0.25, -0.2) is 0 Å². The van der Waals surface area contributed by atoms with Crippen LogP contribution in [0.3, 0.4) is 0 Å². The maximum Gasteiger partial charge on any atom is 0.0613 e. The number of aliphatic hydroxyl groups is 1. The summed E-state index contributed by atoms with van der Waals surface area (Å²) in [4.78, 5) is 2.74. The lowest BCUT2D eigenvalue weighted by atomic mass is 9.78. The van der Waals surface area contributed by atoms with Gasteiger partial charge in [0.2, 0.25) is 0 Å². The van der Waals surface area contributed by atoms with Gasteiger partial charge in [-0.05, 0) is 51.5 Å². The van der Waals surface area contributed by atoms with Crippen LogP contribution in [0, 0.1) is 0 Å². The van der Waals surface area contributed by atoms with Crippen molar-refractivity contribution in [3.8, 4) is 0 Å². The van der Waals surface area contributed by atoms with Crippen LogP contribution in [0.25, 0.3) is 0 Å². The summed E-state index contributed by atoms with van der Waals surface area (Å²) in [5, 5.41) is 13.5. The standard InChI is InChI=1S/C16H32N2O/c1-4-10-18(14-7-8-14)15-6-5-9-16(11-15,12-19)17-13(2)3/h13-15,17,19H,4-12H2,1-3H3. The highest BCUT2D eigenvalue weighted by molar-refractivity contribution is 4.99. The van der Waals surface area contributed by atoms with Crippen molar-refractivity contribution in [2.24, 2.45) is 0 Å². The SMILES string of the molecule is CCCN(C1CC1)C1CCCC(CO)(NC(C)C)C1. The smallest absolute Gasteiger partial charge is 0.0613 e. The van der Waals surface area contributed by atoms with Crippen LogP contribution in [0.1, 0.15) is 65.7 Å². The Balaban J connectivity index is 2.01. The third kappa shape index (κ3) is 3.93. The van der Waals surface area contributed by atoms with Crippen molar-refractivity contribution in [1.29, 1.82) is 0 Å². The molecule has 2 N–H and O–H groups in total. The van der Waals surface area contributed by atoms with E-state index in [4.69, 9.17) is 0 Å². The second-order valence-corrected chi connectivity index (χ2v) is 6.96. The molecule has 3 heteroatoms. The Labute approximate surface area is 118 Å². The molecule has 0 aliphatic heterocycles.